The molecule has 84 valence electrons. The van der Waals surface area contributed by atoms with E-state index in [1.54, 1.807) is 4.57 Å². The Morgan fingerprint density at radius 3 is 2.47 bits per heavy atom. The van der Waals surface area contributed by atoms with Crippen LogP contribution in [-0.4, -0.2) is 4.57 Å². The summed E-state index contributed by atoms with van der Waals surface area (Å²) in [6, 6.07) is 13.7. The second-order valence-corrected chi connectivity index (χ2v) is 4.99. The van der Waals surface area contributed by atoms with Gasteiger partial charge in [-0.3, -0.25) is 4.79 Å². The van der Waals surface area contributed by atoms with E-state index in [1.165, 1.54) is 0 Å². The summed E-state index contributed by atoms with van der Waals surface area (Å²) in [6.45, 7) is 0. The highest BCUT2D eigenvalue weighted by atomic mass is 79.9. The minimum Gasteiger partial charge on any atom is -0.311 e. The highest BCUT2D eigenvalue weighted by molar-refractivity contribution is 9.10. The Balaban J connectivity index is 2.71. The summed E-state index contributed by atoms with van der Waals surface area (Å²) in [5.41, 5.74) is 1.01. The lowest BCUT2D eigenvalue weighted by Gasteiger charge is -2.09. The van der Waals surface area contributed by atoms with Crippen LogP contribution in [0, 0.1) is 0 Å². The van der Waals surface area contributed by atoms with E-state index in [0.717, 1.165) is 26.1 Å². The second kappa shape index (κ2) is 3.70. The van der Waals surface area contributed by atoms with E-state index >= 15 is 0 Å². The molecule has 0 saturated heterocycles. The predicted octanol–water partition coefficient (Wildman–Crippen LogP) is 3.45. The molecule has 2 aromatic carbocycles. The van der Waals surface area contributed by atoms with Crippen LogP contribution in [0.15, 0.2) is 51.7 Å². The smallest absolute Gasteiger partial charge is 0.258 e. The van der Waals surface area contributed by atoms with Crippen LogP contribution in [-0.2, 0) is 7.05 Å². The highest BCUT2D eigenvalue weighted by Crippen LogP contribution is 2.25. The van der Waals surface area contributed by atoms with Crippen molar-refractivity contribution < 1.29 is 0 Å². The number of rotatable bonds is 0. The van der Waals surface area contributed by atoms with Crippen molar-refractivity contribution >= 4 is 37.6 Å². The Kier molecular flexibility index (Phi) is 2.30. The van der Waals surface area contributed by atoms with Gasteiger partial charge in [0.2, 0.25) is 0 Å². The quantitative estimate of drug-likeness (QED) is 0.581. The summed E-state index contributed by atoms with van der Waals surface area (Å²) in [5, 5.41) is 2.87. The van der Waals surface area contributed by atoms with E-state index in [9.17, 15) is 4.79 Å². The third-order valence-electron chi connectivity index (χ3n) is 3.07. The number of aryl methyl sites for hydroxylation is 1. The molecule has 1 aromatic heterocycles. The van der Waals surface area contributed by atoms with Gasteiger partial charge in [0.1, 0.15) is 0 Å². The maximum Gasteiger partial charge on any atom is 0.258 e. The zero-order chi connectivity index (χ0) is 12.0. The van der Waals surface area contributed by atoms with Gasteiger partial charge in [-0.15, -0.1) is 0 Å². The van der Waals surface area contributed by atoms with Gasteiger partial charge in [0.15, 0.2) is 0 Å². The lowest BCUT2D eigenvalue weighted by Crippen LogP contribution is -2.17. The molecular formula is C14H10BrNO. The molecule has 0 N–H and O–H groups in total. The highest BCUT2D eigenvalue weighted by Gasteiger charge is 2.07. The Morgan fingerprint density at radius 1 is 1.00 bits per heavy atom. The first kappa shape index (κ1) is 10.5. The number of hydrogen-bond donors (Lipinski definition) is 0. The largest absolute Gasteiger partial charge is 0.311 e. The molecule has 3 aromatic rings. The average Bonchev–Trinajstić information content (AvgIpc) is 2.36. The van der Waals surface area contributed by atoms with Gasteiger partial charge in [-0.2, -0.15) is 0 Å². The molecule has 1 heterocycles. The lowest BCUT2D eigenvalue weighted by molar-refractivity contribution is 0.918. The number of halogens is 1. The Labute approximate surface area is 107 Å². The number of aromatic nitrogens is 1. The van der Waals surface area contributed by atoms with Gasteiger partial charge in [-0.05, 0) is 29.7 Å². The summed E-state index contributed by atoms with van der Waals surface area (Å²) in [4.78, 5) is 12.2. The van der Waals surface area contributed by atoms with Crippen molar-refractivity contribution in [2.24, 2.45) is 7.05 Å². The molecule has 3 rings (SSSR count). The molecule has 0 aliphatic carbocycles. The van der Waals surface area contributed by atoms with Crippen LogP contribution < -0.4 is 5.56 Å². The first-order valence-corrected chi connectivity index (χ1v) is 6.15. The summed E-state index contributed by atoms with van der Waals surface area (Å²) in [6.07, 6.45) is 0. The SMILES string of the molecule is Cn1c(=O)c2ccccc2c2cc(Br)ccc21. The van der Waals surface area contributed by atoms with Crippen molar-refractivity contribution in [1.82, 2.24) is 4.57 Å². The van der Waals surface area contributed by atoms with E-state index in [4.69, 9.17) is 0 Å². The molecule has 2 nitrogen and oxygen atoms in total. The van der Waals surface area contributed by atoms with Gasteiger partial charge in [-0.1, -0.05) is 34.1 Å². The van der Waals surface area contributed by atoms with Crippen molar-refractivity contribution in [2.45, 2.75) is 0 Å². The summed E-state index contributed by atoms with van der Waals surface area (Å²) >= 11 is 3.47. The van der Waals surface area contributed by atoms with Gasteiger partial charge in [-0.25, -0.2) is 0 Å². The fourth-order valence-corrected chi connectivity index (χ4v) is 2.57. The van der Waals surface area contributed by atoms with E-state index in [-0.39, 0.29) is 5.56 Å². The van der Waals surface area contributed by atoms with Crippen LogP contribution in [0.2, 0.25) is 0 Å². The van der Waals surface area contributed by atoms with Crippen LogP contribution in [0.5, 0.6) is 0 Å². The van der Waals surface area contributed by atoms with Gasteiger partial charge in [0, 0.05) is 22.3 Å². The molecular weight excluding hydrogens is 278 g/mol. The number of hydrogen-bond acceptors (Lipinski definition) is 1. The van der Waals surface area contributed by atoms with Crippen LogP contribution in [0.4, 0.5) is 0 Å². The molecule has 3 heteroatoms. The minimum absolute atomic E-state index is 0.0513. The summed E-state index contributed by atoms with van der Waals surface area (Å²) in [7, 11) is 1.81. The Hall–Kier alpha value is -1.61. The van der Waals surface area contributed by atoms with Crippen LogP contribution in [0.25, 0.3) is 21.7 Å². The molecule has 17 heavy (non-hydrogen) atoms. The van der Waals surface area contributed by atoms with Gasteiger partial charge in [0.25, 0.3) is 5.56 Å². The standard InChI is InChI=1S/C14H10BrNO/c1-16-13-7-6-9(15)8-12(13)10-4-2-3-5-11(10)14(16)17/h2-8H,1H3. The minimum atomic E-state index is 0.0513. The second-order valence-electron chi connectivity index (χ2n) is 4.07. The third kappa shape index (κ3) is 1.50. The van der Waals surface area contributed by atoms with Crippen molar-refractivity contribution in [3.8, 4) is 0 Å². The van der Waals surface area contributed by atoms with E-state index in [2.05, 4.69) is 22.0 Å². The van der Waals surface area contributed by atoms with Crippen molar-refractivity contribution in [3.63, 3.8) is 0 Å². The Morgan fingerprint density at radius 2 is 1.71 bits per heavy atom. The topological polar surface area (TPSA) is 22.0 Å². The maximum absolute atomic E-state index is 12.2. The molecule has 0 saturated carbocycles. The fourth-order valence-electron chi connectivity index (χ4n) is 2.21. The number of pyridine rings is 1. The average molecular weight is 288 g/mol. The van der Waals surface area contributed by atoms with Crippen molar-refractivity contribution in [1.29, 1.82) is 0 Å². The molecule has 0 bridgehead atoms. The van der Waals surface area contributed by atoms with Gasteiger partial charge in [0.05, 0.1) is 5.52 Å². The molecule has 0 aliphatic rings. The van der Waals surface area contributed by atoms with Crippen molar-refractivity contribution in [2.75, 3.05) is 0 Å². The molecule has 0 fully saturated rings. The number of benzene rings is 2. The monoisotopic (exact) mass is 287 g/mol. The molecule has 0 aliphatic heterocycles. The van der Waals surface area contributed by atoms with Gasteiger partial charge < -0.3 is 4.57 Å². The third-order valence-corrected chi connectivity index (χ3v) is 3.57. The predicted molar refractivity (Wildman–Crippen MR) is 74.4 cm³/mol. The number of fused-ring (bicyclic) bond motifs is 3. The first-order chi connectivity index (χ1) is 8.18. The summed E-state index contributed by atoms with van der Waals surface area (Å²) < 4.78 is 2.72. The Bertz CT molecular complexity index is 789. The van der Waals surface area contributed by atoms with Crippen LogP contribution >= 0.6 is 15.9 Å². The maximum atomic E-state index is 12.2. The molecule has 0 unspecified atom stereocenters. The van der Waals surface area contributed by atoms with Crippen molar-refractivity contribution in [3.05, 3.63) is 57.3 Å². The van der Waals surface area contributed by atoms with E-state index in [1.807, 2.05) is 43.4 Å². The molecule has 0 atom stereocenters. The normalized spacial score (nSPS) is 11.2. The zero-order valence-electron chi connectivity index (χ0n) is 9.27. The van der Waals surface area contributed by atoms with E-state index < -0.39 is 0 Å². The number of nitrogens with zero attached hydrogens (tertiary/aromatic N) is 1. The molecule has 0 spiro atoms. The zero-order valence-corrected chi connectivity index (χ0v) is 10.9. The van der Waals surface area contributed by atoms with Gasteiger partial charge >= 0.3 is 0 Å². The molecule has 0 radical (unpaired) electrons. The molecule has 0 amide bonds. The van der Waals surface area contributed by atoms with Crippen LogP contribution in [0.3, 0.4) is 0 Å². The first-order valence-electron chi connectivity index (χ1n) is 5.35. The van der Waals surface area contributed by atoms with E-state index in [0.29, 0.717) is 0 Å². The van der Waals surface area contributed by atoms with Crippen LogP contribution in [0.1, 0.15) is 0 Å². The summed E-state index contributed by atoms with van der Waals surface area (Å²) in [5.74, 6) is 0. The lowest BCUT2D eigenvalue weighted by atomic mass is 10.1. The fraction of sp³-hybridized carbons (Fsp3) is 0.0714.